The molecule has 118 valence electrons. The number of aryl methyl sites for hydroxylation is 1. The Morgan fingerprint density at radius 3 is 2.74 bits per heavy atom. The summed E-state index contributed by atoms with van der Waals surface area (Å²) < 4.78 is 4.37. The number of carboxylic acid groups (broad SMARTS) is 1. The van der Waals surface area contributed by atoms with Gasteiger partial charge in [-0.1, -0.05) is 0 Å². The van der Waals surface area contributed by atoms with Gasteiger partial charge in [0.2, 0.25) is 0 Å². The monoisotopic (exact) mass is 375 g/mol. The van der Waals surface area contributed by atoms with Crippen molar-refractivity contribution in [1.29, 1.82) is 0 Å². The molecule has 0 aromatic carbocycles. The van der Waals surface area contributed by atoms with Gasteiger partial charge in [-0.15, -0.1) is 0 Å². The van der Waals surface area contributed by atoms with E-state index in [1.54, 1.807) is 17.8 Å². The molecule has 7 nitrogen and oxygen atoms in total. The molecule has 1 fully saturated rings. The quantitative estimate of drug-likeness (QED) is 0.760. The number of hydrogen-bond donors (Lipinski definition) is 1. The van der Waals surface area contributed by atoms with Crippen LogP contribution in [0.15, 0.2) is 16.9 Å². The van der Waals surface area contributed by atoms with Crippen LogP contribution < -0.4 is 0 Å². The van der Waals surface area contributed by atoms with Crippen LogP contribution in [0, 0.1) is 0 Å². The van der Waals surface area contributed by atoms with Gasteiger partial charge >= 0.3 is 5.97 Å². The molecule has 0 aliphatic heterocycles. The van der Waals surface area contributed by atoms with Crippen LogP contribution in [-0.4, -0.2) is 35.4 Å². The van der Waals surface area contributed by atoms with Gasteiger partial charge in [0.1, 0.15) is 10.4 Å². The third kappa shape index (κ3) is 2.24. The highest BCUT2D eigenvalue weighted by atomic mass is 79.9. The summed E-state index contributed by atoms with van der Waals surface area (Å²) in [6.45, 7) is 0. The number of carbonyl (C=O) groups is 1. The van der Waals surface area contributed by atoms with E-state index in [4.69, 9.17) is 0 Å². The van der Waals surface area contributed by atoms with Gasteiger partial charge in [-0.05, 0) is 34.8 Å². The highest BCUT2D eigenvalue weighted by Gasteiger charge is 2.31. The van der Waals surface area contributed by atoms with Gasteiger partial charge in [-0.3, -0.25) is 4.68 Å². The lowest BCUT2D eigenvalue weighted by molar-refractivity contribution is 0.0691. The average molecular weight is 376 g/mol. The number of nitrogens with zero attached hydrogens (tertiary/aromatic N) is 5. The number of rotatable bonds is 3. The number of imidazole rings is 1. The summed E-state index contributed by atoms with van der Waals surface area (Å²) in [4.78, 5) is 20.4. The van der Waals surface area contributed by atoms with Crippen molar-refractivity contribution in [3.8, 4) is 11.4 Å². The molecular formula is C15H14BrN5O2. The predicted octanol–water partition coefficient (Wildman–Crippen LogP) is 2.71. The minimum Gasteiger partial charge on any atom is -0.476 e. The molecule has 0 atom stereocenters. The molecule has 0 unspecified atom stereocenters. The minimum atomic E-state index is -1.08. The second-order valence-corrected chi connectivity index (χ2v) is 6.60. The largest absolute Gasteiger partial charge is 0.476 e. The van der Waals surface area contributed by atoms with Crippen LogP contribution in [0.1, 0.15) is 34.9 Å². The number of pyridine rings is 1. The molecule has 3 aromatic heterocycles. The maximum Gasteiger partial charge on any atom is 0.355 e. The molecule has 1 aliphatic rings. The third-order valence-corrected chi connectivity index (χ3v) is 4.69. The summed E-state index contributed by atoms with van der Waals surface area (Å²) >= 11 is 3.51. The Balaban J connectivity index is 1.98. The summed E-state index contributed by atoms with van der Waals surface area (Å²) in [7, 11) is 3.70. The van der Waals surface area contributed by atoms with E-state index in [2.05, 4.69) is 31.0 Å². The average Bonchev–Trinajstić information content (AvgIpc) is 3.17. The molecule has 0 saturated heterocycles. The Morgan fingerprint density at radius 1 is 1.35 bits per heavy atom. The summed E-state index contributed by atoms with van der Waals surface area (Å²) in [5.41, 5.74) is 2.01. The SMILES string of the molecule is Cn1cc2cc(-c3nc(Br)c(C4CC4)n3C)c(C(=O)O)nc2n1. The first kappa shape index (κ1) is 14.4. The van der Waals surface area contributed by atoms with E-state index in [0.29, 0.717) is 23.0 Å². The maximum absolute atomic E-state index is 11.6. The van der Waals surface area contributed by atoms with Crippen molar-refractivity contribution in [1.82, 2.24) is 24.3 Å². The van der Waals surface area contributed by atoms with Crippen molar-refractivity contribution in [3.63, 3.8) is 0 Å². The zero-order valence-electron chi connectivity index (χ0n) is 12.6. The van der Waals surface area contributed by atoms with Crippen LogP contribution >= 0.6 is 15.9 Å². The molecule has 1 saturated carbocycles. The Kier molecular flexibility index (Phi) is 3.06. The Hall–Kier alpha value is -2.22. The Morgan fingerprint density at radius 2 is 2.09 bits per heavy atom. The second kappa shape index (κ2) is 4.89. The Labute approximate surface area is 140 Å². The molecule has 0 spiro atoms. The van der Waals surface area contributed by atoms with E-state index >= 15 is 0 Å². The maximum atomic E-state index is 11.6. The van der Waals surface area contributed by atoms with Crippen molar-refractivity contribution in [2.75, 3.05) is 0 Å². The molecule has 0 amide bonds. The first-order valence-electron chi connectivity index (χ1n) is 7.26. The van der Waals surface area contributed by atoms with E-state index in [0.717, 1.165) is 28.5 Å². The highest BCUT2D eigenvalue weighted by molar-refractivity contribution is 9.10. The normalized spacial score (nSPS) is 14.6. The van der Waals surface area contributed by atoms with Gasteiger partial charge in [0.25, 0.3) is 0 Å². The number of carboxylic acids is 1. The van der Waals surface area contributed by atoms with Crippen molar-refractivity contribution < 1.29 is 9.90 Å². The zero-order valence-corrected chi connectivity index (χ0v) is 14.2. The van der Waals surface area contributed by atoms with Gasteiger partial charge in [-0.2, -0.15) is 5.10 Å². The van der Waals surface area contributed by atoms with Crippen LogP contribution in [0.5, 0.6) is 0 Å². The fourth-order valence-electron chi connectivity index (χ4n) is 2.92. The summed E-state index contributed by atoms with van der Waals surface area (Å²) in [5.74, 6) is 0.0214. The van der Waals surface area contributed by atoms with Gasteiger partial charge in [0.15, 0.2) is 11.3 Å². The molecule has 4 rings (SSSR count). The standard InChI is InChI=1S/C15H14BrN5O2/c1-20-6-8-5-9(10(15(22)23)17-13(8)19-20)14-18-12(16)11(21(14)2)7-3-4-7/h5-7H,3-4H2,1-2H3,(H,22,23). The summed E-state index contributed by atoms with van der Waals surface area (Å²) in [5, 5.41) is 14.5. The summed E-state index contributed by atoms with van der Waals surface area (Å²) in [6, 6.07) is 1.80. The minimum absolute atomic E-state index is 0.0286. The number of halogens is 1. The number of hydrogen-bond acceptors (Lipinski definition) is 4. The van der Waals surface area contributed by atoms with Crippen molar-refractivity contribution in [2.24, 2.45) is 14.1 Å². The van der Waals surface area contributed by atoms with E-state index in [1.165, 1.54) is 0 Å². The number of aromatic carboxylic acids is 1. The van der Waals surface area contributed by atoms with Gasteiger partial charge in [-0.25, -0.2) is 14.8 Å². The molecule has 8 heteroatoms. The van der Waals surface area contributed by atoms with Gasteiger partial charge < -0.3 is 9.67 Å². The molecule has 23 heavy (non-hydrogen) atoms. The van der Waals surface area contributed by atoms with Crippen LogP contribution in [0.2, 0.25) is 0 Å². The molecule has 0 radical (unpaired) electrons. The van der Waals surface area contributed by atoms with Crippen molar-refractivity contribution in [3.05, 3.63) is 28.3 Å². The molecule has 1 aliphatic carbocycles. The van der Waals surface area contributed by atoms with Crippen molar-refractivity contribution >= 4 is 32.9 Å². The van der Waals surface area contributed by atoms with Crippen molar-refractivity contribution in [2.45, 2.75) is 18.8 Å². The molecule has 1 N–H and O–H groups in total. The topological polar surface area (TPSA) is 85.8 Å². The Bertz CT molecular complexity index is 955. The lowest BCUT2D eigenvalue weighted by Gasteiger charge is -2.07. The molecule has 3 heterocycles. The highest BCUT2D eigenvalue weighted by Crippen LogP contribution is 2.44. The summed E-state index contributed by atoms with van der Waals surface area (Å²) in [6.07, 6.45) is 4.10. The lowest BCUT2D eigenvalue weighted by atomic mass is 10.1. The molecular weight excluding hydrogens is 362 g/mol. The fourth-order valence-corrected chi connectivity index (χ4v) is 3.68. The van der Waals surface area contributed by atoms with Crippen LogP contribution in [0.3, 0.4) is 0 Å². The second-order valence-electron chi connectivity index (χ2n) is 5.85. The predicted molar refractivity (Wildman–Crippen MR) is 87.3 cm³/mol. The number of fused-ring (bicyclic) bond motifs is 1. The van der Waals surface area contributed by atoms with Crippen LogP contribution in [-0.2, 0) is 14.1 Å². The van der Waals surface area contributed by atoms with Crippen LogP contribution in [0.25, 0.3) is 22.4 Å². The van der Waals surface area contributed by atoms with Gasteiger partial charge in [0.05, 0.1) is 11.3 Å². The van der Waals surface area contributed by atoms with E-state index in [9.17, 15) is 9.90 Å². The zero-order chi connectivity index (χ0) is 16.3. The van der Waals surface area contributed by atoms with Gasteiger partial charge in [0, 0.05) is 31.6 Å². The lowest BCUT2D eigenvalue weighted by Crippen LogP contribution is -2.07. The van der Waals surface area contributed by atoms with E-state index < -0.39 is 5.97 Å². The molecule has 3 aromatic rings. The smallest absolute Gasteiger partial charge is 0.355 e. The number of aromatic nitrogens is 5. The molecule has 0 bridgehead atoms. The third-order valence-electron chi connectivity index (χ3n) is 4.11. The first-order chi connectivity index (χ1) is 11.0. The van der Waals surface area contributed by atoms with Crippen LogP contribution in [0.4, 0.5) is 0 Å². The fraction of sp³-hybridized carbons (Fsp3) is 0.333. The van der Waals surface area contributed by atoms with E-state index in [1.807, 2.05) is 17.8 Å². The van der Waals surface area contributed by atoms with E-state index in [-0.39, 0.29) is 5.69 Å². The first-order valence-corrected chi connectivity index (χ1v) is 8.05.